The molecule has 0 unspecified atom stereocenters. The maximum absolute atomic E-state index is 14.2. The number of hydrogen-bond acceptors (Lipinski definition) is 5. The highest BCUT2D eigenvalue weighted by atomic mass is 16.5. The first-order chi connectivity index (χ1) is 27.3. The number of nitrogens with zero attached hydrogens (tertiary/aromatic N) is 3. The lowest BCUT2D eigenvalue weighted by atomic mass is 9.77. The first-order valence-corrected chi connectivity index (χ1v) is 18.7. The van der Waals surface area contributed by atoms with E-state index in [1.165, 1.54) is 0 Å². The molecule has 56 heavy (non-hydrogen) atoms. The summed E-state index contributed by atoms with van der Waals surface area (Å²) >= 11 is 0. The number of azide groups is 1. The molecule has 0 saturated carbocycles. The van der Waals surface area contributed by atoms with Crippen LogP contribution in [0.25, 0.3) is 21.6 Å². The molecule has 6 rings (SSSR count). The molecule has 0 aliphatic heterocycles. The monoisotopic (exact) mass is 748 g/mol. The van der Waals surface area contributed by atoms with Crippen molar-refractivity contribution in [2.75, 3.05) is 6.61 Å². The maximum Gasteiger partial charge on any atom is 0.407 e. The first kappa shape index (κ1) is 39.0. The van der Waals surface area contributed by atoms with E-state index in [1.54, 1.807) is 6.92 Å². The minimum absolute atomic E-state index is 0.00724. The van der Waals surface area contributed by atoms with Gasteiger partial charge in [0.15, 0.2) is 0 Å². The van der Waals surface area contributed by atoms with Crippen molar-refractivity contribution in [3.05, 3.63) is 178 Å². The lowest BCUT2D eigenvalue weighted by molar-refractivity contribution is -0.130. The van der Waals surface area contributed by atoms with E-state index in [0.29, 0.717) is 6.42 Å². The number of fused-ring (bicyclic) bond motifs is 3. The highest BCUT2D eigenvalue weighted by Crippen LogP contribution is 2.44. The Bertz CT molecular complexity index is 2070. The normalized spacial score (nSPS) is 13.5. The zero-order chi connectivity index (χ0) is 39.5. The van der Waals surface area contributed by atoms with E-state index in [0.717, 1.165) is 38.9 Å². The minimum atomic E-state index is -1.29. The SMILES string of the molecule is CC[C@H](C)[C@H](NC(=O)[C@H](CCC(=O)NC(c1ccccc1)(c1ccccc1)c1ccccc1)NC(=O)OCC1c2ccccc2-c2ccccc21)C(=O)N=[N+]=[N-]. The number of rotatable bonds is 15. The van der Waals surface area contributed by atoms with Crippen LogP contribution in [0.15, 0.2) is 145 Å². The predicted octanol–water partition coefficient (Wildman–Crippen LogP) is 8.15. The molecule has 0 bridgehead atoms. The molecule has 0 aromatic heterocycles. The summed E-state index contributed by atoms with van der Waals surface area (Å²) in [6.07, 6.45) is -0.695. The molecule has 11 nitrogen and oxygen atoms in total. The van der Waals surface area contributed by atoms with E-state index in [9.17, 15) is 19.2 Å². The van der Waals surface area contributed by atoms with E-state index in [1.807, 2.05) is 146 Å². The Hall–Kier alpha value is -6.71. The van der Waals surface area contributed by atoms with Crippen LogP contribution in [0.3, 0.4) is 0 Å². The fraction of sp³-hybridized carbons (Fsp3) is 0.244. The van der Waals surface area contributed by atoms with Crippen molar-refractivity contribution >= 4 is 23.8 Å². The Morgan fingerprint density at radius 2 is 1.21 bits per heavy atom. The maximum atomic E-state index is 14.2. The van der Waals surface area contributed by atoms with Gasteiger partial charge in [-0.05, 0) is 61.9 Å². The van der Waals surface area contributed by atoms with E-state index in [4.69, 9.17) is 10.3 Å². The summed E-state index contributed by atoms with van der Waals surface area (Å²) in [5, 5.41) is 11.9. The second kappa shape index (κ2) is 18.1. The topological polar surface area (TPSA) is 162 Å². The molecule has 1 aliphatic carbocycles. The molecular formula is C45H44N6O5. The summed E-state index contributed by atoms with van der Waals surface area (Å²) < 4.78 is 5.78. The summed E-state index contributed by atoms with van der Waals surface area (Å²) in [5.41, 5.74) is 14.5. The number of benzene rings is 5. The van der Waals surface area contributed by atoms with Gasteiger partial charge in [0.1, 0.15) is 18.2 Å². The van der Waals surface area contributed by atoms with Crippen LogP contribution in [-0.4, -0.2) is 42.5 Å². The van der Waals surface area contributed by atoms with Crippen molar-refractivity contribution in [2.45, 2.75) is 56.7 Å². The van der Waals surface area contributed by atoms with Crippen LogP contribution in [0.1, 0.15) is 66.8 Å². The molecule has 3 N–H and O–H groups in total. The van der Waals surface area contributed by atoms with Crippen LogP contribution in [0, 0.1) is 5.92 Å². The largest absolute Gasteiger partial charge is 0.449 e. The van der Waals surface area contributed by atoms with E-state index in [-0.39, 0.29) is 25.4 Å². The van der Waals surface area contributed by atoms with Crippen molar-refractivity contribution in [1.82, 2.24) is 16.0 Å². The molecule has 1 aliphatic rings. The zero-order valence-corrected chi connectivity index (χ0v) is 31.3. The number of alkyl carbamates (subject to hydrolysis) is 1. The van der Waals surface area contributed by atoms with Crippen molar-refractivity contribution in [2.24, 2.45) is 11.0 Å². The quantitative estimate of drug-likeness (QED) is 0.0425. The smallest absolute Gasteiger partial charge is 0.407 e. The second-order valence-electron chi connectivity index (χ2n) is 13.9. The molecule has 0 spiro atoms. The van der Waals surface area contributed by atoms with Crippen LogP contribution in [0.4, 0.5) is 4.79 Å². The molecule has 0 fully saturated rings. The van der Waals surface area contributed by atoms with Crippen LogP contribution < -0.4 is 16.0 Å². The van der Waals surface area contributed by atoms with Gasteiger partial charge in [0.25, 0.3) is 0 Å². The van der Waals surface area contributed by atoms with Crippen molar-refractivity contribution in [3.63, 3.8) is 0 Å². The Labute approximate surface area is 326 Å². The summed E-state index contributed by atoms with van der Waals surface area (Å²) in [6.45, 7) is 3.59. The van der Waals surface area contributed by atoms with Gasteiger partial charge in [-0.2, -0.15) is 0 Å². The van der Waals surface area contributed by atoms with Crippen LogP contribution in [0.5, 0.6) is 0 Å². The van der Waals surface area contributed by atoms with Gasteiger partial charge in [0.05, 0.1) is 6.04 Å². The van der Waals surface area contributed by atoms with Crippen molar-refractivity contribution in [3.8, 4) is 11.1 Å². The highest BCUT2D eigenvalue weighted by molar-refractivity contribution is 5.92. The molecule has 11 heteroatoms. The molecule has 5 aromatic carbocycles. The molecular weight excluding hydrogens is 705 g/mol. The average molecular weight is 749 g/mol. The lowest BCUT2D eigenvalue weighted by Gasteiger charge is -2.37. The van der Waals surface area contributed by atoms with Gasteiger partial charge < -0.3 is 20.7 Å². The summed E-state index contributed by atoms with van der Waals surface area (Å²) in [4.78, 5) is 57.1. The fourth-order valence-corrected chi connectivity index (χ4v) is 7.42. The number of hydrogen-bond donors (Lipinski definition) is 3. The second-order valence-corrected chi connectivity index (χ2v) is 13.9. The molecule has 5 aromatic rings. The predicted molar refractivity (Wildman–Crippen MR) is 214 cm³/mol. The van der Waals surface area contributed by atoms with E-state index >= 15 is 0 Å². The summed E-state index contributed by atoms with van der Waals surface area (Å²) in [6, 6.07) is 42.3. The fourth-order valence-electron chi connectivity index (χ4n) is 7.42. The van der Waals surface area contributed by atoms with Crippen molar-refractivity contribution in [1.29, 1.82) is 0 Å². The van der Waals surface area contributed by atoms with Gasteiger partial charge in [-0.15, -0.1) is 0 Å². The van der Waals surface area contributed by atoms with E-state index in [2.05, 4.69) is 26.0 Å². The molecule has 0 heterocycles. The van der Waals surface area contributed by atoms with Gasteiger partial charge in [0, 0.05) is 17.3 Å². The zero-order valence-electron chi connectivity index (χ0n) is 31.3. The first-order valence-electron chi connectivity index (χ1n) is 18.7. The van der Waals surface area contributed by atoms with Gasteiger partial charge in [-0.1, -0.05) is 160 Å². The molecule has 284 valence electrons. The molecule has 4 amide bonds. The average Bonchev–Trinajstić information content (AvgIpc) is 3.56. The van der Waals surface area contributed by atoms with Gasteiger partial charge in [-0.25, -0.2) is 4.79 Å². The van der Waals surface area contributed by atoms with Crippen LogP contribution >= 0.6 is 0 Å². The molecule has 0 saturated heterocycles. The third-order valence-electron chi connectivity index (χ3n) is 10.5. The number of ether oxygens (including phenoxy) is 1. The Morgan fingerprint density at radius 1 is 0.732 bits per heavy atom. The Kier molecular flexibility index (Phi) is 12.6. The lowest BCUT2D eigenvalue weighted by Crippen LogP contribution is -2.54. The van der Waals surface area contributed by atoms with Crippen LogP contribution in [-0.2, 0) is 24.7 Å². The summed E-state index contributed by atoms with van der Waals surface area (Å²) in [5.74, 6) is -2.58. The van der Waals surface area contributed by atoms with Gasteiger partial charge >= 0.3 is 6.09 Å². The third kappa shape index (κ3) is 8.48. The molecule has 3 atom stereocenters. The van der Waals surface area contributed by atoms with Crippen LogP contribution in [0.2, 0.25) is 0 Å². The molecule has 0 radical (unpaired) electrons. The number of carbonyl (C=O) groups excluding carboxylic acids is 4. The van der Waals surface area contributed by atoms with Crippen molar-refractivity contribution < 1.29 is 23.9 Å². The standard InChI is InChI=1S/C45H44N6O5/c1-3-30(2)41(43(54)50-51-46)48-42(53)39(47-44(55)56-29-38-36-25-15-13-23-34(36)35-24-14-16-26-37(35)38)27-28-40(52)49-45(31-17-7-4-8-18-31,32-19-9-5-10-20-32)33-21-11-6-12-22-33/h4-26,30,38-39,41H,3,27-29H2,1-2H3,(H,47,55)(H,48,53)(H,49,52)/t30-,39-,41-/m0/s1. The summed E-state index contributed by atoms with van der Waals surface area (Å²) in [7, 11) is 0. The highest BCUT2D eigenvalue weighted by Gasteiger charge is 2.38. The Balaban J connectivity index is 1.25. The Morgan fingerprint density at radius 3 is 1.70 bits per heavy atom. The van der Waals surface area contributed by atoms with Gasteiger partial charge in [-0.3, -0.25) is 14.4 Å². The number of nitrogens with one attached hydrogen (secondary N) is 3. The van der Waals surface area contributed by atoms with E-state index < -0.39 is 47.4 Å². The minimum Gasteiger partial charge on any atom is -0.449 e. The number of carbonyl (C=O) groups is 4. The number of amides is 4. The third-order valence-corrected chi connectivity index (χ3v) is 10.5. The van der Waals surface area contributed by atoms with Gasteiger partial charge in [0.2, 0.25) is 17.7 Å².